The maximum Gasteiger partial charge on any atom is 0.334 e. The van der Waals surface area contributed by atoms with Crippen LogP contribution in [0.3, 0.4) is 0 Å². The van der Waals surface area contributed by atoms with Gasteiger partial charge in [-0.25, -0.2) is 0 Å². The van der Waals surface area contributed by atoms with Gasteiger partial charge in [0.1, 0.15) is 5.16 Å². The van der Waals surface area contributed by atoms with Crippen LogP contribution in [-0.4, -0.2) is 51.7 Å². The topological polar surface area (TPSA) is 81.0 Å². The Morgan fingerprint density at radius 2 is 1.23 bits per heavy atom. The van der Waals surface area contributed by atoms with E-state index in [2.05, 4.69) is 19.1 Å². The first-order valence-corrected chi connectivity index (χ1v) is 16.4. The van der Waals surface area contributed by atoms with Gasteiger partial charge in [0.05, 0.1) is 6.10 Å². The Bertz CT molecular complexity index is 591. The molecule has 0 aromatic carbocycles. The maximum absolute atomic E-state index is 12.1. The summed E-state index contributed by atoms with van der Waals surface area (Å²) in [5.74, 6) is -0.0383. The zero-order valence-corrected chi connectivity index (χ0v) is 24.2. The molecule has 0 aliphatic heterocycles. The number of aliphatic hydroxyl groups is 1. The molecule has 0 aromatic rings. The smallest absolute Gasteiger partial charge is 0.334 e. The summed E-state index contributed by atoms with van der Waals surface area (Å²) in [7, 11) is -0.655. The van der Waals surface area contributed by atoms with Crippen LogP contribution in [0.4, 0.5) is 0 Å². The van der Waals surface area contributed by atoms with Crippen LogP contribution >= 0.6 is 7.60 Å². The van der Waals surface area contributed by atoms with Gasteiger partial charge in [-0.3, -0.25) is 4.57 Å². The quantitative estimate of drug-likeness (QED) is 0.0693. The average molecular weight is 516 g/mol. The van der Waals surface area contributed by atoms with Gasteiger partial charge >= 0.3 is 7.60 Å². The number of aliphatic hydroxyl groups excluding tert-OH is 1. The first-order valence-electron chi connectivity index (χ1n) is 14.8. The van der Waals surface area contributed by atoms with Gasteiger partial charge in [-0.1, -0.05) is 109 Å². The van der Waals surface area contributed by atoms with Crippen LogP contribution in [0.5, 0.6) is 0 Å². The number of hydrogen-bond acceptors (Lipinski definition) is 3. The molecule has 3 unspecified atom stereocenters. The minimum Gasteiger partial charge on any atom is -0.391 e. The summed E-state index contributed by atoms with van der Waals surface area (Å²) in [5.41, 5.74) is 0. The summed E-state index contributed by atoms with van der Waals surface area (Å²) in [5, 5.41) is 9.25. The standard InChI is InChI=1S/C29H58NO4P/c1-4-5-6-7-8-9-10-11-12-13-14-15-16-17-18-19-20-21-22-23-24-27-25-29(27,35(32,33)34)28(31)26-30(2)3/h11-12,27-28,31H,4-10,13-26H2,1-3H3,(H2,32,33,34)/b12-11-. The van der Waals surface area contributed by atoms with Crippen molar-refractivity contribution in [2.24, 2.45) is 5.92 Å². The Morgan fingerprint density at radius 3 is 1.66 bits per heavy atom. The first-order chi connectivity index (χ1) is 16.8. The summed E-state index contributed by atoms with van der Waals surface area (Å²) in [6.45, 7) is 2.57. The van der Waals surface area contributed by atoms with Gasteiger partial charge in [-0.15, -0.1) is 0 Å². The zero-order valence-electron chi connectivity index (χ0n) is 23.3. The van der Waals surface area contributed by atoms with Crippen molar-refractivity contribution >= 4 is 7.60 Å². The summed E-state index contributed by atoms with van der Waals surface area (Å²) in [6.07, 6.45) is 28.5. The highest BCUT2D eigenvalue weighted by Crippen LogP contribution is 2.71. The Kier molecular flexibility index (Phi) is 17.8. The lowest BCUT2D eigenvalue weighted by Crippen LogP contribution is -2.38. The molecule has 1 rings (SSSR count). The molecule has 3 atom stereocenters. The van der Waals surface area contributed by atoms with Gasteiger partial charge in [0.2, 0.25) is 0 Å². The van der Waals surface area contributed by atoms with E-state index in [1.165, 1.54) is 103 Å². The van der Waals surface area contributed by atoms with E-state index in [9.17, 15) is 19.5 Å². The van der Waals surface area contributed by atoms with Crippen molar-refractivity contribution in [1.29, 1.82) is 0 Å². The van der Waals surface area contributed by atoms with Crippen molar-refractivity contribution in [2.75, 3.05) is 20.6 Å². The Hall–Kier alpha value is -0.190. The molecule has 0 saturated heterocycles. The third-order valence-corrected chi connectivity index (χ3v) is 9.77. The van der Waals surface area contributed by atoms with E-state index >= 15 is 0 Å². The molecule has 35 heavy (non-hydrogen) atoms. The molecule has 0 aromatic heterocycles. The van der Waals surface area contributed by atoms with E-state index in [1.807, 2.05) is 14.1 Å². The molecule has 1 saturated carbocycles. The maximum atomic E-state index is 12.1. The molecule has 1 aliphatic rings. The molecule has 5 nitrogen and oxygen atoms in total. The second kappa shape index (κ2) is 19.0. The molecule has 0 heterocycles. The summed E-state index contributed by atoms with van der Waals surface area (Å²) >= 11 is 0. The monoisotopic (exact) mass is 515 g/mol. The minimum atomic E-state index is -4.30. The molecule has 6 heteroatoms. The second-order valence-electron chi connectivity index (χ2n) is 11.4. The van der Waals surface area contributed by atoms with E-state index < -0.39 is 18.9 Å². The number of likely N-dealkylation sites (N-methyl/N-ethyl adjacent to an activating group) is 1. The molecular formula is C29H58NO4P. The third kappa shape index (κ3) is 13.8. The van der Waals surface area contributed by atoms with Crippen molar-refractivity contribution in [3.63, 3.8) is 0 Å². The van der Waals surface area contributed by atoms with Crippen LogP contribution < -0.4 is 0 Å². The summed E-state index contributed by atoms with van der Waals surface area (Å²) in [6, 6.07) is 0. The molecule has 0 bridgehead atoms. The van der Waals surface area contributed by atoms with Crippen LogP contribution in [0.1, 0.15) is 135 Å². The molecule has 0 spiro atoms. The fourth-order valence-corrected chi connectivity index (χ4v) is 7.03. The van der Waals surface area contributed by atoms with Gasteiger partial charge in [-0.2, -0.15) is 0 Å². The highest BCUT2D eigenvalue weighted by atomic mass is 31.2. The van der Waals surface area contributed by atoms with Gasteiger partial charge in [0.25, 0.3) is 0 Å². The molecule has 1 fully saturated rings. The van der Waals surface area contributed by atoms with E-state index in [1.54, 1.807) is 4.90 Å². The van der Waals surface area contributed by atoms with Gasteiger partial charge < -0.3 is 19.8 Å². The van der Waals surface area contributed by atoms with Crippen LogP contribution in [-0.2, 0) is 4.57 Å². The van der Waals surface area contributed by atoms with E-state index in [0.717, 1.165) is 19.3 Å². The lowest BCUT2D eigenvalue weighted by Gasteiger charge is -2.27. The SMILES string of the molecule is CCCCCCCC/C=C\CCCCCCCCCCCCC1CC1(C(O)CN(C)C)P(=O)(O)O. The van der Waals surface area contributed by atoms with Crippen molar-refractivity contribution < 1.29 is 19.5 Å². The number of allylic oxidation sites excluding steroid dienone is 2. The molecule has 0 amide bonds. The molecule has 0 radical (unpaired) electrons. The second-order valence-corrected chi connectivity index (χ2v) is 13.3. The fraction of sp³-hybridized carbons (Fsp3) is 0.931. The van der Waals surface area contributed by atoms with Crippen LogP contribution in [0.15, 0.2) is 12.2 Å². The summed E-state index contributed by atoms with van der Waals surface area (Å²) in [4.78, 5) is 21.5. The number of nitrogens with zero attached hydrogens (tertiary/aromatic N) is 1. The Labute approximate surface area is 217 Å². The molecule has 208 valence electrons. The number of hydrogen-bond donors (Lipinski definition) is 3. The minimum absolute atomic E-state index is 0.0383. The first kappa shape index (κ1) is 32.8. The summed E-state index contributed by atoms with van der Waals surface area (Å²) < 4.78 is 12.1. The van der Waals surface area contributed by atoms with E-state index in [4.69, 9.17) is 0 Å². The van der Waals surface area contributed by atoms with Gasteiger partial charge in [0.15, 0.2) is 0 Å². The number of rotatable bonds is 24. The predicted molar refractivity (Wildman–Crippen MR) is 150 cm³/mol. The normalized spacial score (nSPS) is 21.3. The highest BCUT2D eigenvalue weighted by Gasteiger charge is 2.68. The van der Waals surface area contributed by atoms with Crippen LogP contribution in [0.2, 0.25) is 0 Å². The molecular weight excluding hydrogens is 457 g/mol. The largest absolute Gasteiger partial charge is 0.391 e. The lowest BCUT2D eigenvalue weighted by atomic mass is 10.0. The fourth-order valence-electron chi connectivity index (χ4n) is 5.50. The van der Waals surface area contributed by atoms with Crippen molar-refractivity contribution in [2.45, 2.75) is 147 Å². The predicted octanol–water partition coefficient (Wildman–Crippen LogP) is 7.83. The molecule has 3 N–H and O–H groups in total. The van der Waals surface area contributed by atoms with E-state index in [-0.39, 0.29) is 5.92 Å². The van der Waals surface area contributed by atoms with Crippen LogP contribution in [0, 0.1) is 5.92 Å². The Balaban J connectivity index is 1.91. The molecule has 1 aliphatic carbocycles. The van der Waals surface area contributed by atoms with E-state index in [0.29, 0.717) is 13.0 Å². The highest BCUT2D eigenvalue weighted by molar-refractivity contribution is 7.54. The van der Waals surface area contributed by atoms with Crippen molar-refractivity contribution in [3.05, 3.63) is 12.2 Å². The number of unbranched alkanes of at least 4 members (excludes halogenated alkanes) is 16. The van der Waals surface area contributed by atoms with Gasteiger partial charge in [0, 0.05) is 6.54 Å². The van der Waals surface area contributed by atoms with Crippen molar-refractivity contribution in [3.8, 4) is 0 Å². The van der Waals surface area contributed by atoms with Crippen molar-refractivity contribution in [1.82, 2.24) is 4.90 Å². The van der Waals surface area contributed by atoms with Gasteiger partial charge in [-0.05, 0) is 58.5 Å². The average Bonchev–Trinajstić information content (AvgIpc) is 3.53. The zero-order chi connectivity index (χ0) is 26.0. The third-order valence-electron chi connectivity index (χ3n) is 7.84. The lowest BCUT2D eigenvalue weighted by molar-refractivity contribution is 0.109. The van der Waals surface area contributed by atoms with Crippen LogP contribution in [0.25, 0.3) is 0 Å². The Morgan fingerprint density at radius 1 is 0.800 bits per heavy atom.